The lowest BCUT2D eigenvalue weighted by atomic mass is 9.82. The van der Waals surface area contributed by atoms with Gasteiger partial charge in [0.05, 0.1) is 13.0 Å². The second kappa shape index (κ2) is 15.1. The standard InChI is InChI=1S/C26H45FN6O4/c1-28-26(31-15-17-9-11-29-12-10-17)32-21-4-2-3-19(13-21)25(37)30-16-23(34)33-22(14-24(35)36)18-5-7-20(27)8-6-18/h17-22,29H,2-16H2,1H3,(H,30,37)(H,33,34)(H,35,36)(H2,28,31,32). The van der Waals surface area contributed by atoms with Crippen molar-refractivity contribution in [1.29, 1.82) is 0 Å². The second-order valence-electron chi connectivity index (χ2n) is 10.9. The van der Waals surface area contributed by atoms with Crippen molar-refractivity contribution in [3.63, 3.8) is 0 Å². The molecule has 0 aromatic rings. The average Bonchev–Trinajstić information content (AvgIpc) is 2.90. The van der Waals surface area contributed by atoms with Gasteiger partial charge >= 0.3 is 5.97 Å². The number of carbonyl (C=O) groups excluding carboxylic acids is 2. The molecule has 10 nitrogen and oxygen atoms in total. The summed E-state index contributed by atoms with van der Waals surface area (Å²) < 4.78 is 13.5. The number of carboxylic acids is 1. The van der Waals surface area contributed by atoms with Crippen molar-refractivity contribution >= 4 is 23.7 Å². The van der Waals surface area contributed by atoms with Crippen LogP contribution in [-0.2, 0) is 14.4 Å². The Kier molecular flexibility index (Phi) is 11.9. The molecular weight excluding hydrogens is 479 g/mol. The summed E-state index contributed by atoms with van der Waals surface area (Å²) in [7, 11) is 1.75. The maximum Gasteiger partial charge on any atom is 0.305 e. The van der Waals surface area contributed by atoms with Crippen LogP contribution in [0.4, 0.5) is 4.39 Å². The highest BCUT2D eigenvalue weighted by Gasteiger charge is 2.31. The number of nitrogens with one attached hydrogen (secondary N) is 5. The maximum atomic E-state index is 13.5. The Morgan fingerprint density at radius 2 is 1.76 bits per heavy atom. The van der Waals surface area contributed by atoms with Gasteiger partial charge < -0.3 is 31.7 Å². The molecule has 1 saturated heterocycles. The van der Waals surface area contributed by atoms with E-state index in [0.717, 1.165) is 57.7 Å². The van der Waals surface area contributed by atoms with E-state index in [1.807, 2.05) is 0 Å². The minimum atomic E-state index is -1.00. The van der Waals surface area contributed by atoms with Crippen molar-refractivity contribution in [2.24, 2.45) is 22.7 Å². The summed E-state index contributed by atoms with van der Waals surface area (Å²) in [6, 6.07) is -0.426. The van der Waals surface area contributed by atoms with Crippen LogP contribution in [0.1, 0.15) is 70.6 Å². The molecule has 1 aliphatic heterocycles. The SMILES string of the molecule is CN=C(NCC1CCNCC1)NC1CCCC(C(=O)NCC(=O)NC(CC(=O)O)C2CCC(F)CC2)C1. The predicted molar refractivity (Wildman–Crippen MR) is 140 cm³/mol. The van der Waals surface area contributed by atoms with Crippen LogP contribution in [0, 0.1) is 17.8 Å². The van der Waals surface area contributed by atoms with Gasteiger partial charge in [0, 0.05) is 31.6 Å². The molecule has 37 heavy (non-hydrogen) atoms. The number of alkyl halides is 1. The summed E-state index contributed by atoms with van der Waals surface area (Å²) in [5.74, 6) is -0.443. The fraction of sp³-hybridized carbons (Fsp3) is 0.846. The molecule has 2 aliphatic carbocycles. The number of carboxylic acid groups (broad SMARTS) is 1. The number of aliphatic imine (C=N–C) groups is 1. The molecule has 3 atom stereocenters. The summed E-state index contributed by atoms with van der Waals surface area (Å²) in [5.41, 5.74) is 0. The minimum Gasteiger partial charge on any atom is -0.481 e. The molecule has 210 valence electrons. The molecular formula is C26H45FN6O4. The third kappa shape index (κ3) is 10.1. The molecule has 6 N–H and O–H groups in total. The Labute approximate surface area is 219 Å². The van der Waals surface area contributed by atoms with Gasteiger partial charge in [-0.15, -0.1) is 0 Å². The molecule has 0 bridgehead atoms. The maximum absolute atomic E-state index is 13.5. The van der Waals surface area contributed by atoms with E-state index < -0.39 is 24.1 Å². The number of aliphatic carboxylic acids is 1. The van der Waals surface area contributed by atoms with E-state index in [2.05, 4.69) is 31.6 Å². The molecule has 0 aromatic heterocycles. The Hall–Kier alpha value is -2.43. The van der Waals surface area contributed by atoms with Gasteiger partial charge in [0.15, 0.2) is 5.96 Å². The smallest absolute Gasteiger partial charge is 0.305 e. The third-order valence-corrected chi connectivity index (χ3v) is 8.06. The van der Waals surface area contributed by atoms with E-state index in [1.54, 1.807) is 7.05 Å². The van der Waals surface area contributed by atoms with E-state index in [0.29, 0.717) is 38.0 Å². The van der Waals surface area contributed by atoms with E-state index in [9.17, 15) is 23.9 Å². The number of guanidine groups is 1. The zero-order valence-electron chi connectivity index (χ0n) is 22.1. The molecule has 3 unspecified atom stereocenters. The van der Waals surface area contributed by atoms with Crippen molar-refractivity contribution in [1.82, 2.24) is 26.6 Å². The number of hydrogen-bond acceptors (Lipinski definition) is 5. The van der Waals surface area contributed by atoms with Gasteiger partial charge in [0.25, 0.3) is 0 Å². The summed E-state index contributed by atoms with van der Waals surface area (Å²) in [4.78, 5) is 41.0. The summed E-state index contributed by atoms with van der Waals surface area (Å²) in [6.07, 6.45) is 6.43. The first-order chi connectivity index (χ1) is 17.8. The van der Waals surface area contributed by atoms with Gasteiger partial charge in [-0.3, -0.25) is 19.4 Å². The quantitative estimate of drug-likeness (QED) is 0.187. The Balaban J connectivity index is 1.41. The Morgan fingerprint density at radius 3 is 2.43 bits per heavy atom. The van der Waals surface area contributed by atoms with Crippen LogP contribution < -0.4 is 26.6 Å². The fourth-order valence-corrected chi connectivity index (χ4v) is 5.85. The minimum absolute atomic E-state index is 0.0641. The monoisotopic (exact) mass is 524 g/mol. The van der Waals surface area contributed by atoms with Crippen LogP contribution in [-0.4, -0.2) is 80.3 Å². The molecule has 3 rings (SSSR count). The highest BCUT2D eigenvalue weighted by molar-refractivity contribution is 5.86. The average molecular weight is 525 g/mol. The number of amides is 2. The zero-order valence-corrected chi connectivity index (χ0v) is 22.1. The van der Waals surface area contributed by atoms with Gasteiger partial charge in [0.1, 0.15) is 6.17 Å². The Bertz CT molecular complexity index is 783. The van der Waals surface area contributed by atoms with Crippen molar-refractivity contribution in [3.05, 3.63) is 0 Å². The van der Waals surface area contributed by atoms with E-state index >= 15 is 0 Å². The molecule has 0 radical (unpaired) electrons. The number of nitrogens with zero attached hydrogens (tertiary/aromatic N) is 1. The topological polar surface area (TPSA) is 144 Å². The van der Waals surface area contributed by atoms with E-state index in [1.165, 1.54) is 0 Å². The molecule has 2 amide bonds. The molecule has 2 saturated carbocycles. The van der Waals surface area contributed by atoms with Crippen molar-refractivity contribution in [2.45, 2.75) is 88.9 Å². The lowest BCUT2D eigenvalue weighted by Crippen LogP contribution is -2.50. The molecule has 0 spiro atoms. The molecule has 0 aromatic carbocycles. The van der Waals surface area contributed by atoms with Gasteiger partial charge in [-0.1, -0.05) is 6.42 Å². The first-order valence-corrected chi connectivity index (χ1v) is 13.9. The van der Waals surface area contributed by atoms with Gasteiger partial charge in [0.2, 0.25) is 11.8 Å². The lowest BCUT2D eigenvalue weighted by Gasteiger charge is -2.32. The van der Waals surface area contributed by atoms with Crippen LogP contribution in [0.5, 0.6) is 0 Å². The number of halogens is 1. The van der Waals surface area contributed by atoms with Gasteiger partial charge in [-0.2, -0.15) is 0 Å². The highest BCUT2D eigenvalue weighted by atomic mass is 19.1. The second-order valence-corrected chi connectivity index (χ2v) is 10.9. The number of rotatable bonds is 10. The number of piperidine rings is 1. The molecule has 3 fully saturated rings. The Morgan fingerprint density at radius 1 is 1.03 bits per heavy atom. The molecule has 1 heterocycles. The highest BCUT2D eigenvalue weighted by Crippen LogP contribution is 2.30. The normalized spacial score (nSPS) is 28.1. The van der Waals surface area contributed by atoms with Crippen LogP contribution in [0.3, 0.4) is 0 Å². The zero-order chi connectivity index (χ0) is 26.6. The van der Waals surface area contributed by atoms with Crippen LogP contribution in [0.2, 0.25) is 0 Å². The largest absolute Gasteiger partial charge is 0.481 e. The lowest BCUT2D eigenvalue weighted by molar-refractivity contribution is -0.138. The fourth-order valence-electron chi connectivity index (χ4n) is 5.85. The van der Waals surface area contributed by atoms with Crippen LogP contribution >= 0.6 is 0 Å². The summed E-state index contributed by atoms with van der Waals surface area (Å²) in [6.45, 7) is 2.79. The van der Waals surface area contributed by atoms with Gasteiger partial charge in [-0.25, -0.2) is 4.39 Å². The molecule has 3 aliphatic rings. The predicted octanol–water partition coefficient (Wildman–Crippen LogP) is 1.31. The van der Waals surface area contributed by atoms with Gasteiger partial charge in [-0.05, 0) is 82.7 Å². The van der Waals surface area contributed by atoms with Crippen molar-refractivity contribution in [3.8, 4) is 0 Å². The van der Waals surface area contributed by atoms with Crippen molar-refractivity contribution < 1.29 is 23.9 Å². The van der Waals surface area contributed by atoms with E-state index in [-0.39, 0.29) is 36.8 Å². The number of hydrogen-bond donors (Lipinski definition) is 6. The number of carbonyl (C=O) groups is 3. The molecule has 11 heteroatoms. The third-order valence-electron chi connectivity index (χ3n) is 8.06. The van der Waals surface area contributed by atoms with E-state index in [4.69, 9.17) is 0 Å². The summed E-state index contributed by atoms with van der Waals surface area (Å²) in [5, 5.41) is 25.0. The van der Waals surface area contributed by atoms with Crippen LogP contribution in [0.25, 0.3) is 0 Å². The van der Waals surface area contributed by atoms with Crippen LogP contribution in [0.15, 0.2) is 4.99 Å². The first kappa shape index (κ1) is 29.1. The first-order valence-electron chi connectivity index (χ1n) is 13.9. The van der Waals surface area contributed by atoms with Crippen molar-refractivity contribution in [2.75, 3.05) is 33.2 Å². The summed E-state index contributed by atoms with van der Waals surface area (Å²) >= 11 is 0.